The molecular weight excluding hydrogens is 196 g/mol. The van der Waals surface area contributed by atoms with Crippen LogP contribution in [0.25, 0.3) is 11.0 Å². The van der Waals surface area contributed by atoms with Crippen LogP contribution in [0.1, 0.15) is 5.56 Å². The highest BCUT2D eigenvalue weighted by Gasteiger charge is 2.05. The van der Waals surface area contributed by atoms with E-state index in [0.717, 1.165) is 6.29 Å². The van der Waals surface area contributed by atoms with Gasteiger partial charge in [-0.05, 0) is 17.7 Å². The number of hydrogen-bond acceptors (Lipinski definition) is 4. The molecular formula is C11H8O4. The highest BCUT2D eigenvalue weighted by Crippen LogP contribution is 2.21. The third-order valence-electron chi connectivity index (χ3n) is 2.12. The number of fused-ring (bicyclic) bond motifs is 1. The van der Waals surface area contributed by atoms with E-state index in [1.165, 1.54) is 18.2 Å². The molecule has 0 radical (unpaired) electrons. The van der Waals surface area contributed by atoms with E-state index in [0.29, 0.717) is 16.5 Å². The van der Waals surface area contributed by atoms with Crippen molar-refractivity contribution < 1.29 is 14.3 Å². The largest absolute Gasteiger partial charge is 0.508 e. The second kappa shape index (κ2) is 3.57. The molecule has 0 aliphatic rings. The molecule has 15 heavy (non-hydrogen) atoms. The predicted molar refractivity (Wildman–Crippen MR) is 53.9 cm³/mol. The normalized spacial score (nSPS) is 10.4. The molecule has 1 heterocycles. The molecule has 0 fully saturated rings. The Kier molecular flexibility index (Phi) is 2.25. The molecule has 76 valence electrons. The fourth-order valence-corrected chi connectivity index (χ4v) is 1.48. The first kappa shape index (κ1) is 9.45. The summed E-state index contributed by atoms with van der Waals surface area (Å²) >= 11 is 0. The Labute approximate surface area is 84.8 Å². The van der Waals surface area contributed by atoms with E-state index in [4.69, 9.17) is 4.42 Å². The second-order valence-corrected chi connectivity index (χ2v) is 3.14. The molecule has 1 N–H and O–H groups in total. The molecule has 1 aromatic carbocycles. The number of carbonyl (C=O) groups is 1. The zero-order valence-corrected chi connectivity index (χ0v) is 7.77. The van der Waals surface area contributed by atoms with E-state index in [1.54, 1.807) is 6.07 Å². The number of hydrogen-bond donors (Lipinski definition) is 1. The van der Waals surface area contributed by atoms with Crippen molar-refractivity contribution in [3.05, 3.63) is 40.2 Å². The Morgan fingerprint density at radius 1 is 1.33 bits per heavy atom. The van der Waals surface area contributed by atoms with E-state index < -0.39 is 5.63 Å². The average molecular weight is 204 g/mol. The number of rotatable bonds is 2. The quantitative estimate of drug-likeness (QED) is 0.590. The van der Waals surface area contributed by atoms with E-state index in [1.807, 2.05) is 0 Å². The number of benzene rings is 1. The molecule has 2 aromatic rings. The van der Waals surface area contributed by atoms with Crippen LogP contribution in [0.5, 0.6) is 5.75 Å². The smallest absolute Gasteiger partial charge is 0.336 e. The van der Waals surface area contributed by atoms with Gasteiger partial charge in [0.25, 0.3) is 0 Å². The van der Waals surface area contributed by atoms with Crippen LogP contribution in [0.4, 0.5) is 0 Å². The van der Waals surface area contributed by atoms with Crippen molar-refractivity contribution in [1.29, 1.82) is 0 Å². The Morgan fingerprint density at radius 3 is 2.87 bits per heavy atom. The first-order valence-electron chi connectivity index (χ1n) is 4.40. The van der Waals surface area contributed by atoms with Gasteiger partial charge >= 0.3 is 5.63 Å². The molecule has 0 amide bonds. The van der Waals surface area contributed by atoms with Gasteiger partial charge in [-0.2, -0.15) is 0 Å². The van der Waals surface area contributed by atoms with Gasteiger partial charge in [0.05, 0.1) is 0 Å². The van der Waals surface area contributed by atoms with Crippen LogP contribution in [0.15, 0.2) is 33.5 Å². The van der Waals surface area contributed by atoms with E-state index >= 15 is 0 Å². The van der Waals surface area contributed by atoms with Crippen molar-refractivity contribution in [3.8, 4) is 5.75 Å². The minimum absolute atomic E-state index is 0.0221. The predicted octanol–water partition coefficient (Wildman–Crippen LogP) is 1.24. The number of phenolic OH excluding ortho intramolecular Hbond substituents is 1. The van der Waals surface area contributed by atoms with Crippen molar-refractivity contribution >= 4 is 17.3 Å². The summed E-state index contributed by atoms with van der Waals surface area (Å²) in [5, 5.41) is 9.88. The maximum atomic E-state index is 11.1. The summed E-state index contributed by atoms with van der Waals surface area (Å²) < 4.78 is 4.90. The first-order valence-corrected chi connectivity index (χ1v) is 4.40. The second-order valence-electron chi connectivity index (χ2n) is 3.14. The van der Waals surface area contributed by atoms with Gasteiger partial charge in [0, 0.05) is 23.9 Å². The molecule has 0 saturated carbocycles. The molecule has 0 saturated heterocycles. The molecule has 2 rings (SSSR count). The Hall–Kier alpha value is -2.10. The Morgan fingerprint density at radius 2 is 2.13 bits per heavy atom. The summed E-state index contributed by atoms with van der Waals surface area (Å²) in [6, 6.07) is 5.74. The standard InChI is InChI=1S/C11H8O4/c12-4-3-7-5-11(14)15-10-6-8(13)1-2-9(7)10/h1-2,4-6,13H,3H2. The molecule has 0 bridgehead atoms. The summed E-state index contributed by atoms with van der Waals surface area (Å²) in [6.45, 7) is 0. The zero-order valence-electron chi connectivity index (χ0n) is 7.77. The van der Waals surface area contributed by atoms with Gasteiger partial charge in [0.1, 0.15) is 17.6 Å². The van der Waals surface area contributed by atoms with Gasteiger partial charge in [-0.1, -0.05) is 0 Å². The molecule has 0 unspecified atom stereocenters. The summed E-state index contributed by atoms with van der Waals surface area (Å²) in [4.78, 5) is 21.5. The fraction of sp³-hybridized carbons (Fsp3) is 0.0909. The topological polar surface area (TPSA) is 67.5 Å². The van der Waals surface area contributed by atoms with Crippen molar-refractivity contribution in [2.24, 2.45) is 0 Å². The number of aromatic hydroxyl groups is 1. The maximum Gasteiger partial charge on any atom is 0.336 e. The van der Waals surface area contributed by atoms with Gasteiger partial charge < -0.3 is 14.3 Å². The van der Waals surface area contributed by atoms with Crippen LogP contribution < -0.4 is 5.63 Å². The van der Waals surface area contributed by atoms with Crippen molar-refractivity contribution in [3.63, 3.8) is 0 Å². The molecule has 1 aromatic heterocycles. The lowest BCUT2D eigenvalue weighted by molar-refractivity contribution is -0.107. The van der Waals surface area contributed by atoms with Crippen LogP contribution in [-0.2, 0) is 11.2 Å². The summed E-state index contributed by atoms with van der Waals surface area (Å²) in [5.74, 6) is 0.0221. The van der Waals surface area contributed by atoms with Crippen molar-refractivity contribution in [2.45, 2.75) is 6.42 Å². The monoisotopic (exact) mass is 204 g/mol. The van der Waals surface area contributed by atoms with Gasteiger partial charge in [0.2, 0.25) is 0 Å². The fourth-order valence-electron chi connectivity index (χ4n) is 1.48. The lowest BCUT2D eigenvalue weighted by Gasteiger charge is -2.01. The molecule has 0 atom stereocenters. The average Bonchev–Trinajstić information content (AvgIpc) is 2.17. The number of carbonyl (C=O) groups excluding carboxylic acids is 1. The summed E-state index contributed by atoms with van der Waals surface area (Å²) in [6.07, 6.45) is 0.883. The summed E-state index contributed by atoms with van der Waals surface area (Å²) in [7, 11) is 0. The van der Waals surface area contributed by atoms with Gasteiger partial charge in [-0.3, -0.25) is 0 Å². The molecule has 0 aliphatic carbocycles. The SMILES string of the molecule is O=CCc1cc(=O)oc2cc(O)ccc12. The minimum atomic E-state index is -0.523. The van der Waals surface area contributed by atoms with Crippen molar-refractivity contribution in [1.82, 2.24) is 0 Å². The van der Waals surface area contributed by atoms with Gasteiger partial charge in [-0.25, -0.2) is 4.79 Å². The van der Waals surface area contributed by atoms with E-state index in [-0.39, 0.29) is 12.2 Å². The first-order chi connectivity index (χ1) is 7.20. The maximum absolute atomic E-state index is 11.1. The molecule has 0 aliphatic heterocycles. The lowest BCUT2D eigenvalue weighted by atomic mass is 10.1. The Bertz CT molecular complexity index is 568. The minimum Gasteiger partial charge on any atom is -0.508 e. The third kappa shape index (κ3) is 1.74. The number of aldehydes is 1. The molecule has 4 heteroatoms. The van der Waals surface area contributed by atoms with Crippen LogP contribution in [0.2, 0.25) is 0 Å². The zero-order chi connectivity index (χ0) is 10.8. The van der Waals surface area contributed by atoms with E-state index in [9.17, 15) is 14.7 Å². The van der Waals surface area contributed by atoms with Gasteiger partial charge in [-0.15, -0.1) is 0 Å². The van der Waals surface area contributed by atoms with Crippen LogP contribution in [-0.4, -0.2) is 11.4 Å². The molecule has 0 spiro atoms. The van der Waals surface area contributed by atoms with Crippen LogP contribution in [0, 0.1) is 0 Å². The molecule has 4 nitrogen and oxygen atoms in total. The highest BCUT2D eigenvalue weighted by atomic mass is 16.4. The van der Waals surface area contributed by atoms with Crippen LogP contribution >= 0.6 is 0 Å². The highest BCUT2D eigenvalue weighted by molar-refractivity contribution is 5.83. The third-order valence-corrected chi connectivity index (χ3v) is 2.12. The number of phenols is 1. The van der Waals surface area contributed by atoms with E-state index in [2.05, 4.69) is 0 Å². The lowest BCUT2D eigenvalue weighted by Crippen LogP contribution is -2.00. The van der Waals surface area contributed by atoms with Crippen LogP contribution in [0.3, 0.4) is 0 Å². The summed E-state index contributed by atoms with van der Waals surface area (Å²) in [5.41, 5.74) is 0.376. The van der Waals surface area contributed by atoms with Crippen molar-refractivity contribution in [2.75, 3.05) is 0 Å². The Balaban J connectivity index is 2.79. The van der Waals surface area contributed by atoms with Gasteiger partial charge in [0.15, 0.2) is 0 Å².